The van der Waals surface area contributed by atoms with Crippen molar-refractivity contribution < 1.29 is 19.1 Å². The average molecular weight is 560 g/mol. The molecule has 2 heterocycles. The topological polar surface area (TPSA) is 82.9 Å². The Labute approximate surface area is 225 Å². The highest BCUT2D eigenvalue weighted by atomic mass is 79.9. The minimum absolute atomic E-state index is 0.0924. The zero-order chi connectivity index (χ0) is 26.4. The summed E-state index contributed by atoms with van der Waals surface area (Å²) in [5.74, 6) is 3.12. The van der Waals surface area contributed by atoms with E-state index in [0.717, 1.165) is 21.2 Å². The number of imide groups is 1. The zero-order valence-electron chi connectivity index (χ0n) is 20.4. The van der Waals surface area contributed by atoms with Crippen molar-refractivity contribution in [1.29, 1.82) is 5.26 Å². The fourth-order valence-electron chi connectivity index (χ4n) is 4.64. The first kappa shape index (κ1) is 26.2. The maximum atomic E-state index is 12.1. The number of halogens is 1. The number of hydrogen-bond acceptors (Lipinski definition) is 6. The monoisotopic (exact) mass is 559 g/mol. The highest BCUT2D eigenvalue weighted by Crippen LogP contribution is 2.36. The maximum absolute atomic E-state index is 12.1. The summed E-state index contributed by atoms with van der Waals surface area (Å²) in [6.45, 7) is 2.07. The van der Waals surface area contributed by atoms with Crippen LogP contribution in [-0.4, -0.2) is 54.5 Å². The highest BCUT2D eigenvalue weighted by molar-refractivity contribution is 9.10. The molecule has 37 heavy (non-hydrogen) atoms. The van der Waals surface area contributed by atoms with Crippen molar-refractivity contribution in [2.24, 2.45) is 0 Å². The maximum Gasteiger partial charge on any atom is 0.253 e. The quantitative estimate of drug-likeness (QED) is 0.206. The van der Waals surface area contributed by atoms with Crippen molar-refractivity contribution in [1.82, 2.24) is 9.80 Å². The second-order valence-corrected chi connectivity index (χ2v) is 9.68. The minimum Gasteiger partial charge on any atom is -0.493 e. The third-order valence-corrected chi connectivity index (χ3v) is 6.95. The van der Waals surface area contributed by atoms with Crippen LogP contribution in [0.2, 0.25) is 0 Å². The third kappa shape index (κ3) is 6.11. The van der Waals surface area contributed by atoms with Gasteiger partial charge in [0.2, 0.25) is 0 Å². The summed E-state index contributed by atoms with van der Waals surface area (Å²) < 4.78 is 12.5. The van der Waals surface area contributed by atoms with Crippen LogP contribution in [0.4, 0.5) is 0 Å². The molecule has 2 aliphatic heterocycles. The van der Waals surface area contributed by atoms with Gasteiger partial charge in [-0.05, 0) is 54.3 Å². The zero-order valence-corrected chi connectivity index (χ0v) is 22.0. The van der Waals surface area contributed by atoms with Gasteiger partial charge in [0.25, 0.3) is 11.8 Å². The van der Waals surface area contributed by atoms with E-state index in [2.05, 4.69) is 32.8 Å². The highest BCUT2D eigenvalue weighted by Gasteiger charge is 2.33. The molecule has 4 rings (SSSR count). The summed E-state index contributed by atoms with van der Waals surface area (Å²) in [4.78, 5) is 27.7. The Morgan fingerprint density at radius 1 is 1.16 bits per heavy atom. The molecule has 0 aliphatic carbocycles. The molecule has 0 saturated carbocycles. The second-order valence-electron chi connectivity index (χ2n) is 8.77. The minimum atomic E-state index is -0.239. The molecular weight excluding hydrogens is 534 g/mol. The molecule has 0 spiro atoms. The molecule has 0 bridgehead atoms. The van der Waals surface area contributed by atoms with Gasteiger partial charge in [0.15, 0.2) is 11.5 Å². The van der Waals surface area contributed by atoms with Crippen LogP contribution in [0.25, 0.3) is 11.6 Å². The number of allylic oxidation sites excluding steroid dienone is 1. The van der Waals surface area contributed by atoms with Gasteiger partial charge in [-0.25, -0.2) is 0 Å². The molecule has 2 amide bonds. The summed E-state index contributed by atoms with van der Waals surface area (Å²) in [7, 11) is 1.57. The number of rotatable bonds is 8. The van der Waals surface area contributed by atoms with E-state index in [1.54, 1.807) is 7.11 Å². The Balaban J connectivity index is 1.59. The van der Waals surface area contributed by atoms with Crippen LogP contribution in [0.15, 0.2) is 53.0 Å². The molecule has 0 aromatic heterocycles. The van der Waals surface area contributed by atoms with Crippen molar-refractivity contribution in [3.8, 4) is 29.9 Å². The molecule has 2 aromatic rings. The van der Waals surface area contributed by atoms with Crippen LogP contribution in [-0.2, 0) is 16.1 Å². The van der Waals surface area contributed by atoms with Gasteiger partial charge in [0.1, 0.15) is 6.61 Å². The predicted octanol–water partition coefficient (Wildman–Crippen LogP) is 4.42. The van der Waals surface area contributed by atoms with Gasteiger partial charge in [-0.2, -0.15) is 5.26 Å². The van der Waals surface area contributed by atoms with Gasteiger partial charge < -0.3 is 9.47 Å². The largest absolute Gasteiger partial charge is 0.493 e. The lowest BCUT2D eigenvalue weighted by molar-refractivity contribution is -0.140. The van der Waals surface area contributed by atoms with Crippen LogP contribution in [0, 0.1) is 23.7 Å². The molecule has 2 aromatic carbocycles. The normalized spacial score (nSPS) is 16.5. The van der Waals surface area contributed by atoms with Crippen LogP contribution >= 0.6 is 15.9 Å². The van der Waals surface area contributed by atoms with Gasteiger partial charge in [0, 0.05) is 47.9 Å². The smallest absolute Gasteiger partial charge is 0.253 e. The first-order chi connectivity index (χ1) is 17.9. The number of amides is 2. The molecule has 7 nitrogen and oxygen atoms in total. The fourth-order valence-corrected chi connectivity index (χ4v) is 4.90. The molecule has 8 heteroatoms. The summed E-state index contributed by atoms with van der Waals surface area (Å²) in [6.07, 6.45) is 11.3. The lowest BCUT2D eigenvalue weighted by Crippen LogP contribution is -2.47. The van der Waals surface area contributed by atoms with Gasteiger partial charge in [-0.1, -0.05) is 34.0 Å². The van der Waals surface area contributed by atoms with E-state index in [1.165, 1.54) is 17.1 Å². The Bertz CT molecular complexity index is 1310. The number of carbonyl (C=O) groups excluding carboxylic acids is 2. The van der Waals surface area contributed by atoms with E-state index in [0.29, 0.717) is 49.5 Å². The van der Waals surface area contributed by atoms with Crippen LogP contribution < -0.4 is 9.47 Å². The van der Waals surface area contributed by atoms with E-state index in [4.69, 9.17) is 15.9 Å². The van der Waals surface area contributed by atoms with E-state index in [-0.39, 0.29) is 24.5 Å². The molecule has 1 saturated heterocycles. The average Bonchev–Trinajstić information content (AvgIpc) is 3.25. The predicted molar refractivity (Wildman–Crippen MR) is 144 cm³/mol. The SMILES string of the molecule is C#CCOc1c(CN2CCC(N3C(=O)C=CC3=O)CC2)cc(/C=C(\C#N)c2ccc(Br)cc2)cc1OC. The number of carbonyl (C=O) groups is 2. The Morgan fingerprint density at radius 3 is 2.43 bits per heavy atom. The number of nitrogens with zero attached hydrogens (tertiary/aromatic N) is 3. The first-order valence-corrected chi connectivity index (χ1v) is 12.6. The number of ether oxygens (including phenoxy) is 2. The van der Waals surface area contributed by atoms with Crippen molar-refractivity contribution in [3.05, 3.63) is 69.7 Å². The van der Waals surface area contributed by atoms with Gasteiger partial charge in [0.05, 0.1) is 18.8 Å². The van der Waals surface area contributed by atoms with Gasteiger partial charge >= 0.3 is 0 Å². The Hall–Kier alpha value is -3.85. The molecule has 188 valence electrons. The number of benzene rings is 2. The summed E-state index contributed by atoms with van der Waals surface area (Å²) >= 11 is 3.43. The molecule has 1 fully saturated rings. The van der Waals surface area contributed by atoms with Crippen LogP contribution in [0.3, 0.4) is 0 Å². The molecule has 0 atom stereocenters. The molecule has 0 N–H and O–H groups in total. The van der Waals surface area contributed by atoms with Crippen molar-refractivity contribution in [3.63, 3.8) is 0 Å². The fraction of sp³-hybridized carbons (Fsp3) is 0.276. The lowest BCUT2D eigenvalue weighted by Gasteiger charge is -2.36. The standard InChI is InChI=1S/C29H26BrN3O4/c1-3-14-37-29-23(19-32-12-10-25(11-13-32)33-27(34)8-9-28(33)35)16-20(17-26(29)36-2)15-22(18-31)21-4-6-24(30)7-5-21/h1,4-9,15-17,25H,10-14,19H2,2H3/b22-15+. The molecule has 2 aliphatic rings. The van der Waals surface area contributed by atoms with Crippen LogP contribution in [0.1, 0.15) is 29.5 Å². The van der Waals surface area contributed by atoms with E-state index in [9.17, 15) is 14.9 Å². The third-order valence-electron chi connectivity index (χ3n) is 6.42. The molecule has 0 radical (unpaired) electrons. The Kier molecular flexibility index (Phi) is 8.45. The molecule has 0 unspecified atom stereocenters. The van der Waals surface area contributed by atoms with Gasteiger partial charge in [-0.3, -0.25) is 19.4 Å². The first-order valence-electron chi connectivity index (χ1n) is 11.9. The summed E-state index contributed by atoms with van der Waals surface area (Å²) in [6, 6.07) is 13.6. The van der Waals surface area contributed by atoms with Crippen molar-refractivity contribution in [2.75, 3.05) is 26.8 Å². The summed E-state index contributed by atoms with van der Waals surface area (Å²) in [5.41, 5.74) is 3.00. The number of piperidine rings is 1. The van der Waals surface area contributed by atoms with Crippen molar-refractivity contribution >= 4 is 39.4 Å². The lowest BCUT2D eigenvalue weighted by atomic mass is 10.00. The number of likely N-dealkylation sites (tertiary alicyclic amines) is 1. The summed E-state index contributed by atoms with van der Waals surface area (Å²) in [5, 5.41) is 9.82. The van der Waals surface area contributed by atoms with E-state index < -0.39 is 0 Å². The van der Waals surface area contributed by atoms with E-state index >= 15 is 0 Å². The van der Waals surface area contributed by atoms with E-state index in [1.807, 2.05) is 42.5 Å². The number of terminal acetylenes is 1. The molecular formula is C29H26BrN3O4. The van der Waals surface area contributed by atoms with Gasteiger partial charge in [-0.15, -0.1) is 6.42 Å². The van der Waals surface area contributed by atoms with Crippen LogP contribution in [0.5, 0.6) is 11.5 Å². The number of methoxy groups -OCH3 is 1. The number of nitriles is 1. The second kappa shape index (κ2) is 11.9. The number of hydrogen-bond donors (Lipinski definition) is 0. The van der Waals surface area contributed by atoms with Crippen molar-refractivity contribution in [2.45, 2.75) is 25.4 Å². The Morgan fingerprint density at radius 2 is 1.84 bits per heavy atom.